The van der Waals surface area contributed by atoms with Crippen LogP contribution in [0.1, 0.15) is 0 Å². The lowest BCUT2D eigenvalue weighted by Crippen LogP contribution is -2.00. The molecule has 0 radical (unpaired) electrons. The van der Waals surface area contributed by atoms with E-state index in [1.54, 1.807) is 0 Å². The Labute approximate surface area is 831 Å². The lowest BCUT2D eigenvalue weighted by molar-refractivity contribution is 0.669. The lowest BCUT2D eigenvalue weighted by atomic mass is 9.97. The third-order valence-corrected chi connectivity index (χ3v) is 27.5. The van der Waals surface area contributed by atoms with Crippen molar-refractivity contribution in [3.05, 3.63) is 485 Å². The van der Waals surface area contributed by atoms with Gasteiger partial charge in [0.2, 0.25) is 0 Å². The number of fused-ring (bicyclic) bond motifs is 19. The van der Waals surface area contributed by atoms with E-state index in [1.165, 1.54) is 22.3 Å². The van der Waals surface area contributed by atoms with E-state index in [1.807, 2.05) is 158 Å². The maximum atomic E-state index is 6.32. The second-order valence-electron chi connectivity index (χ2n) is 36.3. The quantitative estimate of drug-likeness (QED) is 0.100. The summed E-state index contributed by atoms with van der Waals surface area (Å²) in [4.78, 5) is 50.4. The zero-order valence-corrected chi connectivity index (χ0v) is 77.9. The number of aromatic nitrogens is 10. The van der Waals surface area contributed by atoms with Gasteiger partial charge in [-0.1, -0.05) is 400 Å². The van der Waals surface area contributed by atoms with Gasteiger partial charge in [-0.3, -0.25) is 0 Å². The fraction of sp³-hybridized carbons (Fsp3) is 0. The molecule has 29 rings (SSSR count). The predicted octanol–water partition coefficient (Wildman–Crippen LogP) is 34.5. The molecule has 9 aromatic heterocycles. The summed E-state index contributed by atoms with van der Waals surface area (Å²) in [6.07, 6.45) is 0. The highest BCUT2D eigenvalue weighted by Crippen LogP contribution is 2.46. The van der Waals surface area contributed by atoms with Crippen LogP contribution in [0.2, 0.25) is 0 Å². The maximum Gasteiger partial charge on any atom is 0.164 e. The average molecular weight is 1850 g/mol. The molecule has 0 bridgehead atoms. The molecule has 676 valence electrons. The molecule has 0 spiro atoms. The van der Waals surface area contributed by atoms with Crippen LogP contribution >= 0.6 is 0 Å². The van der Waals surface area contributed by atoms with Gasteiger partial charge in [-0.2, -0.15) is 0 Å². The molecule has 0 aliphatic heterocycles. The highest BCUT2D eigenvalue weighted by atomic mass is 16.3. The first kappa shape index (κ1) is 84.5. The topological polar surface area (TPSA) is 168 Å². The molecule has 13 nitrogen and oxygen atoms in total. The molecule has 0 N–H and O–H groups in total. The van der Waals surface area contributed by atoms with Gasteiger partial charge in [-0.25, -0.2) is 49.8 Å². The van der Waals surface area contributed by atoms with E-state index >= 15 is 0 Å². The van der Waals surface area contributed by atoms with Crippen LogP contribution in [0.25, 0.3) is 288 Å². The SMILES string of the molecule is c1ccc(-c2ccc(-c3cc(-c4ccc(-c5nc6ccccc6c6cc7c(cc56)oc5ccccc57)cc4)nc(-c4ccccc4)n3)cc2)cc1.c1ccc(-c2ccc(-c3nc(-c4ccc(-c5nc6ccccc6c6cc7c(cc56)oc5ccccc57)cc4)nc4ccccc34)cc2)cc1.c1ccc(-c2nc(-c3ccccc3)nc(-c3ccc(-c4nc5ccccc5c5cc6c(cc45)oc4ccccc46)cc3)n2)cc1. The fourth-order valence-electron chi connectivity index (χ4n) is 20.3. The molecule has 20 aromatic carbocycles. The minimum absolute atomic E-state index is 0.620. The summed E-state index contributed by atoms with van der Waals surface area (Å²) in [7, 11) is 0. The van der Waals surface area contributed by atoms with E-state index in [2.05, 4.69) is 328 Å². The number of rotatable bonds is 13. The Hall–Kier alpha value is -19.8. The Balaban J connectivity index is 0.000000108. The van der Waals surface area contributed by atoms with Crippen molar-refractivity contribution in [1.29, 1.82) is 0 Å². The van der Waals surface area contributed by atoms with Crippen LogP contribution in [-0.4, -0.2) is 49.8 Å². The average Bonchev–Trinajstić information content (AvgIpc) is 1.66. The summed E-state index contributed by atoms with van der Waals surface area (Å²) in [5, 5.41) is 17.7. The highest BCUT2D eigenvalue weighted by molar-refractivity contribution is 6.22. The van der Waals surface area contributed by atoms with Gasteiger partial charge >= 0.3 is 0 Å². The van der Waals surface area contributed by atoms with Crippen LogP contribution in [0.5, 0.6) is 0 Å². The molecule has 0 saturated heterocycles. The van der Waals surface area contributed by atoms with Crippen molar-refractivity contribution >= 4 is 142 Å². The lowest BCUT2D eigenvalue weighted by Gasteiger charge is -2.12. The Bertz CT molecular complexity index is 10000. The molecule has 0 atom stereocenters. The Morgan fingerprint density at radius 3 is 0.655 bits per heavy atom. The first-order chi connectivity index (χ1) is 71.8. The Morgan fingerprint density at radius 2 is 0.331 bits per heavy atom. The standard InChI is InChI=1S/C47H29N3O.C45H27N3O.C40H24N4O/c1-3-11-30(12-4-1)31-19-21-32(22-20-31)42-29-43(50-47(49-42)35-13-5-2-6-14-35)33-23-25-34(26-24-33)46-40-28-45-39(37-16-8-10-18-44(37)51-45)27-38(40)36-15-7-9-17-41(36)48-46;1-2-10-28(11-3-1)29-18-20-30(21-19-29)43-35-14-5-8-16-40(35)47-45(48-43)32-24-22-31(23-25-32)44-38-27-42-37(34-13-6-9-17-41(34)49-42)26-36(38)33-12-4-7-15-39(33)46-44;1-3-11-26(12-4-1)38-42-39(27-13-5-2-6-14-27)44-40(43-38)28-21-19-25(20-22-28)37-33-24-36-32(30-16-8-10-18-35(30)45-36)23-31(33)29-15-7-9-17-34(29)41-37/h1-29H;1-27H;1-24H. The Morgan fingerprint density at radius 1 is 0.110 bits per heavy atom. The molecule has 0 unspecified atom stereocenters. The second kappa shape index (κ2) is 35.9. The molecular formula is C132H80N10O3. The normalized spacial score (nSPS) is 11.6. The van der Waals surface area contributed by atoms with Gasteiger partial charge < -0.3 is 13.3 Å². The number of para-hydroxylation sites is 7. The number of furan rings is 3. The summed E-state index contributed by atoms with van der Waals surface area (Å²) in [5.74, 6) is 3.28. The molecule has 145 heavy (non-hydrogen) atoms. The predicted molar refractivity (Wildman–Crippen MR) is 592 cm³/mol. The van der Waals surface area contributed by atoms with Crippen molar-refractivity contribution in [1.82, 2.24) is 49.8 Å². The molecule has 0 amide bonds. The van der Waals surface area contributed by atoms with Crippen molar-refractivity contribution in [3.8, 4) is 147 Å². The third kappa shape index (κ3) is 15.8. The minimum atomic E-state index is 0.620. The van der Waals surface area contributed by atoms with Crippen LogP contribution in [-0.2, 0) is 0 Å². The van der Waals surface area contributed by atoms with Crippen molar-refractivity contribution in [2.45, 2.75) is 0 Å². The molecule has 0 fully saturated rings. The van der Waals surface area contributed by atoms with Gasteiger partial charge in [0.25, 0.3) is 0 Å². The third-order valence-electron chi connectivity index (χ3n) is 27.5. The fourth-order valence-corrected chi connectivity index (χ4v) is 20.3. The van der Waals surface area contributed by atoms with Gasteiger partial charge in [0.05, 0.1) is 56.2 Å². The number of hydrogen-bond acceptors (Lipinski definition) is 13. The maximum absolute atomic E-state index is 6.32. The van der Waals surface area contributed by atoms with E-state index < -0.39 is 0 Å². The van der Waals surface area contributed by atoms with Crippen molar-refractivity contribution < 1.29 is 13.3 Å². The summed E-state index contributed by atoms with van der Waals surface area (Å²) in [5.41, 5.74) is 30.0. The molecular weight excluding hydrogens is 1770 g/mol. The van der Waals surface area contributed by atoms with E-state index in [0.717, 1.165) is 237 Å². The van der Waals surface area contributed by atoms with Gasteiger partial charge in [0.1, 0.15) is 33.5 Å². The van der Waals surface area contributed by atoms with Crippen LogP contribution in [0.3, 0.4) is 0 Å². The molecule has 29 aromatic rings. The monoisotopic (exact) mass is 1850 g/mol. The summed E-state index contributed by atoms with van der Waals surface area (Å²) < 4.78 is 18.9. The second-order valence-corrected chi connectivity index (χ2v) is 36.3. The van der Waals surface area contributed by atoms with Crippen LogP contribution in [0, 0.1) is 0 Å². The van der Waals surface area contributed by atoms with Crippen LogP contribution < -0.4 is 0 Å². The zero-order chi connectivity index (χ0) is 95.8. The first-order valence-electron chi connectivity index (χ1n) is 48.4. The first-order valence-corrected chi connectivity index (χ1v) is 48.4. The van der Waals surface area contributed by atoms with E-state index in [4.69, 9.17) is 63.1 Å². The van der Waals surface area contributed by atoms with E-state index in [0.29, 0.717) is 29.1 Å². The van der Waals surface area contributed by atoms with Gasteiger partial charge in [0.15, 0.2) is 29.1 Å². The van der Waals surface area contributed by atoms with Gasteiger partial charge in [-0.15, -0.1) is 0 Å². The molecule has 0 aliphatic carbocycles. The number of nitrogens with zero attached hydrogens (tertiary/aromatic N) is 10. The smallest absolute Gasteiger partial charge is 0.164 e. The van der Waals surface area contributed by atoms with Crippen LogP contribution in [0.4, 0.5) is 0 Å². The minimum Gasteiger partial charge on any atom is -0.456 e. The van der Waals surface area contributed by atoms with E-state index in [9.17, 15) is 0 Å². The van der Waals surface area contributed by atoms with Crippen molar-refractivity contribution in [2.24, 2.45) is 0 Å². The van der Waals surface area contributed by atoms with Gasteiger partial charge in [-0.05, 0) is 123 Å². The van der Waals surface area contributed by atoms with Gasteiger partial charge in [0, 0.05) is 131 Å². The number of hydrogen-bond donors (Lipinski definition) is 0. The molecule has 0 aliphatic rings. The van der Waals surface area contributed by atoms with Crippen molar-refractivity contribution in [2.75, 3.05) is 0 Å². The summed E-state index contributed by atoms with van der Waals surface area (Å²) >= 11 is 0. The largest absolute Gasteiger partial charge is 0.456 e. The van der Waals surface area contributed by atoms with E-state index in [-0.39, 0.29) is 0 Å². The molecule has 13 heteroatoms. The van der Waals surface area contributed by atoms with Crippen molar-refractivity contribution in [3.63, 3.8) is 0 Å². The molecule has 9 heterocycles. The number of benzene rings is 20. The Kier molecular flexibility index (Phi) is 20.9. The number of pyridine rings is 3. The zero-order valence-electron chi connectivity index (χ0n) is 77.9. The highest BCUT2D eigenvalue weighted by Gasteiger charge is 2.24. The summed E-state index contributed by atoms with van der Waals surface area (Å²) in [6, 6.07) is 167. The van der Waals surface area contributed by atoms with Crippen LogP contribution in [0.15, 0.2) is 499 Å². The molecule has 0 saturated carbocycles. The summed E-state index contributed by atoms with van der Waals surface area (Å²) in [6.45, 7) is 0.